The van der Waals surface area contributed by atoms with Crippen LogP contribution in [0, 0.1) is 0 Å². The molecule has 0 aliphatic heterocycles. The number of aromatic nitrogens is 2. The molecule has 0 radical (unpaired) electrons. The zero-order chi connectivity index (χ0) is 15.1. The number of thioether (sulfide) groups is 1. The average molecular weight is 303 g/mol. The molecule has 1 amide bonds. The highest BCUT2D eigenvalue weighted by Crippen LogP contribution is 2.21. The molecule has 0 atom stereocenters. The van der Waals surface area contributed by atoms with Crippen LogP contribution in [0.4, 0.5) is 0 Å². The molecule has 2 aromatic rings. The number of carbonyl (C=O) groups excluding carboxylic acids is 1. The maximum atomic E-state index is 12.4. The summed E-state index contributed by atoms with van der Waals surface area (Å²) in [6, 6.07) is 9.85. The summed E-state index contributed by atoms with van der Waals surface area (Å²) in [7, 11) is 0. The lowest BCUT2D eigenvalue weighted by Gasteiger charge is -2.11. The zero-order valence-corrected chi connectivity index (χ0v) is 13.3. The monoisotopic (exact) mass is 303 g/mol. The second kappa shape index (κ2) is 7.88. The van der Waals surface area contributed by atoms with Gasteiger partial charge in [-0.05, 0) is 24.8 Å². The fourth-order valence-corrected chi connectivity index (χ4v) is 2.68. The van der Waals surface area contributed by atoms with E-state index in [9.17, 15) is 4.79 Å². The Morgan fingerprint density at radius 3 is 2.71 bits per heavy atom. The Bertz CT molecular complexity index is 580. The first kappa shape index (κ1) is 15.6. The van der Waals surface area contributed by atoms with E-state index in [1.165, 1.54) is 11.8 Å². The number of unbranched alkanes of at least 4 members (excludes halogenated alkanes) is 2. The van der Waals surface area contributed by atoms with Crippen LogP contribution in [0.2, 0.25) is 0 Å². The van der Waals surface area contributed by atoms with Gasteiger partial charge >= 0.3 is 0 Å². The summed E-state index contributed by atoms with van der Waals surface area (Å²) in [5, 5.41) is 3.79. The first-order valence-electron chi connectivity index (χ1n) is 7.23. The summed E-state index contributed by atoms with van der Waals surface area (Å²) in [4.78, 5) is 16.7. The van der Waals surface area contributed by atoms with Crippen LogP contribution in [-0.2, 0) is 0 Å². The lowest BCUT2D eigenvalue weighted by molar-refractivity contribution is 0.0945. The number of carbonyl (C=O) groups is 1. The highest BCUT2D eigenvalue weighted by Gasteiger charge is 2.16. The van der Waals surface area contributed by atoms with Crippen LogP contribution >= 0.6 is 11.8 Å². The third kappa shape index (κ3) is 3.88. The lowest BCUT2D eigenvalue weighted by Crippen LogP contribution is -2.26. The zero-order valence-electron chi connectivity index (χ0n) is 12.5. The van der Waals surface area contributed by atoms with Gasteiger partial charge in [-0.2, -0.15) is 0 Å². The molecule has 2 rings (SSSR count). The van der Waals surface area contributed by atoms with Crippen LogP contribution in [0.15, 0.2) is 41.7 Å². The summed E-state index contributed by atoms with van der Waals surface area (Å²) in [6.07, 6.45) is 6.90. The quantitative estimate of drug-likeness (QED) is 0.629. The molecule has 1 aromatic heterocycles. The van der Waals surface area contributed by atoms with E-state index in [2.05, 4.69) is 17.2 Å². The van der Waals surface area contributed by atoms with Crippen molar-refractivity contribution >= 4 is 17.7 Å². The van der Waals surface area contributed by atoms with Crippen molar-refractivity contribution in [3.05, 3.63) is 42.2 Å². The number of amides is 1. The van der Waals surface area contributed by atoms with Crippen LogP contribution < -0.4 is 5.32 Å². The number of imidazole rings is 1. The number of para-hydroxylation sites is 1. The van der Waals surface area contributed by atoms with Crippen molar-refractivity contribution in [2.75, 3.05) is 12.8 Å². The van der Waals surface area contributed by atoms with E-state index < -0.39 is 0 Å². The summed E-state index contributed by atoms with van der Waals surface area (Å²) >= 11 is 1.53. The summed E-state index contributed by atoms with van der Waals surface area (Å²) in [5.74, 6) is -0.0669. The van der Waals surface area contributed by atoms with E-state index in [0.29, 0.717) is 12.2 Å². The van der Waals surface area contributed by atoms with Crippen LogP contribution in [0.5, 0.6) is 0 Å². The van der Waals surface area contributed by atoms with Crippen LogP contribution in [-0.4, -0.2) is 28.3 Å². The van der Waals surface area contributed by atoms with Gasteiger partial charge in [-0.15, -0.1) is 0 Å². The first-order valence-corrected chi connectivity index (χ1v) is 8.45. The smallest absolute Gasteiger partial charge is 0.269 e. The van der Waals surface area contributed by atoms with E-state index in [4.69, 9.17) is 0 Å². The van der Waals surface area contributed by atoms with Crippen LogP contribution in [0.25, 0.3) is 5.69 Å². The van der Waals surface area contributed by atoms with E-state index in [0.717, 1.165) is 30.1 Å². The Balaban J connectivity index is 2.20. The van der Waals surface area contributed by atoms with Gasteiger partial charge in [-0.25, -0.2) is 4.98 Å². The predicted molar refractivity (Wildman–Crippen MR) is 87.2 cm³/mol. The molecular weight excluding hydrogens is 282 g/mol. The minimum absolute atomic E-state index is 0.0669. The number of hydrogen-bond donors (Lipinski definition) is 1. The number of nitrogens with zero attached hydrogens (tertiary/aromatic N) is 2. The van der Waals surface area contributed by atoms with Crippen molar-refractivity contribution in [1.29, 1.82) is 0 Å². The lowest BCUT2D eigenvalue weighted by atomic mass is 10.2. The Kier molecular flexibility index (Phi) is 5.87. The molecule has 0 saturated carbocycles. The van der Waals surface area contributed by atoms with Crippen molar-refractivity contribution < 1.29 is 4.79 Å². The van der Waals surface area contributed by atoms with Gasteiger partial charge in [-0.3, -0.25) is 9.36 Å². The maximum Gasteiger partial charge on any atom is 0.269 e. The number of hydrogen-bond acceptors (Lipinski definition) is 3. The second-order valence-electron chi connectivity index (χ2n) is 4.76. The van der Waals surface area contributed by atoms with Crippen molar-refractivity contribution in [3.8, 4) is 5.69 Å². The Morgan fingerprint density at radius 1 is 1.29 bits per heavy atom. The van der Waals surface area contributed by atoms with Crippen molar-refractivity contribution in [2.24, 2.45) is 0 Å². The van der Waals surface area contributed by atoms with Gasteiger partial charge in [0.15, 0.2) is 5.16 Å². The standard InChI is InChI=1S/C16H21N3OS/c1-3-4-8-11-17-15(20)14-12-18-16(21-2)19(14)13-9-6-5-7-10-13/h5-7,9-10,12H,3-4,8,11H2,1-2H3,(H,17,20). The van der Waals surface area contributed by atoms with E-state index in [1.54, 1.807) is 6.20 Å². The maximum absolute atomic E-state index is 12.4. The molecule has 1 N–H and O–H groups in total. The fourth-order valence-electron chi connectivity index (χ4n) is 2.13. The van der Waals surface area contributed by atoms with Gasteiger partial charge in [0.1, 0.15) is 5.69 Å². The number of nitrogens with one attached hydrogen (secondary N) is 1. The fraction of sp³-hybridized carbons (Fsp3) is 0.375. The average Bonchev–Trinajstić information content (AvgIpc) is 2.96. The summed E-state index contributed by atoms with van der Waals surface area (Å²) < 4.78 is 1.90. The van der Waals surface area contributed by atoms with E-state index >= 15 is 0 Å². The highest BCUT2D eigenvalue weighted by molar-refractivity contribution is 7.98. The van der Waals surface area contributed by atoms with Crippen molar-refractivity contribution in [2.45, 2.75) is 31.3 Å². The third-order valence-electron chi connectivity index (χ3n) is 3.22. The Morgan fingerprint density at radius 2 is 2.05 bits per heavy atom. The summed E-state index contributed by atoms with van der Waals surface area (Å²) in [5.41, 5.74) is 1.54. The van der Waals surface area contributed by atoms with Gasteiger partial charge < -0.3 is 5.32 Å². The number of rotatable bonds is 7. The molecule has 0 aliphatic carbocycles. The highest BCUT2D eigenvalue weighted by atomic mass is 32.2. The number of benzene rings is 1. The third-order valence-corrected chi connectivity index (χ3v) is 3.88. The van der Waals surface area contributed by atoms with Crippen LogP contribution in [0.1, 0.15) is 36.7 Å². The van der Waals surface area contributed by atoms with Crippen molar-refractivity contribution in [3.63, 3.8) is 0 Å². The molecule has 0 aliphatic rings. The van der Waals surface area contributed by atoms with E-state index in [-0.39, 0.29) is 5.91 Å². The van der Waals surface area contributed by atoms with E-state index in [1.807, 2.05) is 41.2 Å². The molecule has 5 heteroatoms. The predicted octanol–water partition coefficient (Wildman–Crippen LogP) is 3.51. The molecule has 21 heavy (non-hydrogen) atoms. The largest absolute Gasteiger partial charge is 0.351 e. The molecule has 0 bridgehead atoms. The molecule has 4 nitrogen and oxygen atoms in total. The van der Waals surface area contributed by atoms with Gasteiger partial charge in [-0.1, -0.05) is 49.7 Å². The molecule has 112 valence electrons. The van der Waals surface area contributed by atoms with Gasteiger partial charge in [0.05, 0.1) is 6.20 Å². The van der Waals surface area contributed by atoms with Crippen LogP contribution in [0.3, 0.4) is 0 Å². The molecule has 0 fully saturated rings. The SMILES string of the molecule is CCCCCNC(=O)c1cnc(SC)n1-c1ccccc1. The molecular formula is C16H21N3OS. The second-order valence-corrected chi connectivity index (χ2v) is 5.54. The molecule has 0 spiro atoms. The first-order chi connectivity index (χ1) is 10.3. The molecule has 1 heterocycles. The topological polar surface area (TPSA) is 46.9 Å². The van der Waals surface area contributed by atoms with Crippen molar-refractivity contribution in [1.82, 2.24) is 14.9 Å². The minimum Gasteiger partial charge on any atom is -0.351 e. The van der Waals surface area contributed by atoms with Gasteiger partial charge in [0.25, 0.3) is 5.91 Å². The summed E-state index contributed by atoms with van der Waals surface area (Å²) in [6.45, 7) is 2.86. The van der Waals surface area contributed by atoms with Gasteiger partial charge in [0, 0.05) is 12.2 Å². The normalized spacial score (nSPS) is 10.6. The molecule has 0 saturated heterocycles. The molecule has 1 aromatic carbocycles. The Labute approximate surface area is 130 Å². The Hall–Kier alpha value is -1.75. The minimum atomic E-state index is -0.0669. The molecule has 0 unspecified atom stereocenters. The van der Waals surface area contributed by atoms with Gasteiger partial charge in [0.2, 0.25) is 0 Å².